The van der Waals surface area contributed by atoms with E-state index in [1.54, 1.807) is 19.1 Å². The summed E-state index contributed by atoms with van der Waals surface area (Å²) in [6.07, 6.45) is -0.401. The Labute approximate surface area is 150 Å². The van der Waals surface area contributed by atoms with Crippen molar-refractivity contribution in [1.82, 2.24) is 10.9 Å². The van der Waals surface area contributed by atoms with Gasteiger partial charge in [0.15, 0.2) is 6.10 Å². The minimum Gasteiger partial charge on any atom is -0.481 e. The zero-order valence-electron chi connectivity index (χ0n) is 14.6. The van der Waals surface area contributed by atoms with Crippen LogP contribution < -0.4 is 15.6 Å². The molecule has 8 nitrogen and oxygen atoms in total. The predicted molar refractivity (Wildman–Crippen MR) is 90.1 cm³/mol. The van der Waals surface area contributed by atoms with E-state index in [0.717, 1.165) is 5.56 Å². The standard InChI is InChI=1S/C18H22N2O6/c1-9-4-3-5-11(8-9)25-10(2)16(21)19-20-17(22)14-12-6-7-13(26-12)15(14)18(23)24/h3-5,8,10,12-15H,6-7H2,1-2H3,(H,19,21)(H,20,22)(H,23,24)/t10-,12-,13-,14-,15+/m1/s1. The highest BCUT2D eigenvalue weighted by Gasteiger charge is 2.55. The molecule has 3 rings (SSSR count). The van der Waals surface area contributed by atoms with Crippen molar-refractivity contribution in [2.45, 2.75) is 45.0 Å². The molecule has 2 aliphatic rings. The highest BCUT2D eigenvalue weighted by molar-refractivity contribution is 5.89. The summed E-state index contributed by atoms with van der Waals surface area (Å²) < 4.78 is 11.1. The topological polar surface area (TPSA) is 114 Å². The molecule has 0 unspecified atom stereocenters. The lowest BCUT2D eigenvalue weighted by molar-refractivity contribution is -0.148. The summed E-state index contributed by atoms with van der Waals surface area (Å²) in [5.41, 5.74) is 5.61. The second-order valence-electron chi connectivity index (χ2n) is 6.74. The molecular weight excluding hydrogens is 340 g/mol. The fourth-order valence-corrected chi connectivity index (χ4v) is 3.58. The van der Waals surface area contributed by atoms with E-state index in [9.17, 15) is 19.5 Å². The summed E-state index contributed by atoms with van der Waals surface area (Å²) in [4.78, 5) is 35.9. The van der Waals surface area contributed by atoms with E-state index in [1.165, 1.54) is 0 Å². The molecule has 2 aliphatic heterocycles. The number of carbonyl (C=O) groups is 3. The third kappa shape index (κ3) is 3.65. The molecule has 0 aromatic heterocycles. The average molecular weight is 362 g/mol. The van der Waals surface area contributed by atoms with Crippen molar-refractivity contribution in [2.75, 3.05) is 0 Å². The summed E-state index contributed by atoms with van der Waals surface area (Å²) in [5.74, 6) is -3.28. The first-order valence-corrected chi connectivity index (χ1v) is 8.58. The van der Waals surface area contributed by atoms with Crippen molar-refractivity contribution in [3.63, 3.8) is 0 Å². The number of carboxylic acid groups (broad SMARTS) is 1. The van der Waals surface area contributed by atoms with Crippen molar-refractivity contribution in [3.8, 4) is 5.75 Å². The molecule has 0 aliphatic carbocycles. The van der Waals surface area contributed by atoms with Gasteiger partial charge in [-0.3, -0.25) is 25.2 Å². The Morgan fingerprint density at radius 2 is 1.88 bits per heavy atom. The largest absolute Gasteiger partial charge is 0.481 e. The van der Waals surface area contributed by atoms with E-state index in [-0.39, 0.29) is 0 Å². The second kappa shape index (κ2) is 7.33. The maximum Gasteiger partial charge on any atom is 0.310 e. The Morgan fingerprint density at radius 1 is 1.19 bits per heavy atom. The van der Waals surface area contributed by atoms with Crippen molar-refractivity contribution in [3.05, 3.63) is 29.8 Å². The summed E-state index contributed by atoms with van der Waals surface area (Å²) in [6.45, 7) is 3.47. The first-order valence-electron chi connectivity index (χ1n) is 8.58. The molecule has 1 aromatic carbocycles. The first kappa shape index (κ1) is 18.2. The minimum absolute atomic E-state index is 0.418. The fourth-order valence-electron chi connectivity index (χ4n) is 3.58. The van der Waals surface area contributed by atoms with Gasteiger partial charge in [0.2, 0.25) is 5.91 Å². The van der Waals surface area contributed by atoms with E-state index in [0.29, 0.717) is 18.6 Å². The molecule has 0 radical (unpaired) electrons. The Bertz CT molecular complexity index is 721. The molecule has 0 spiro atoms. The number of carbonyl (C=O) groups excluding carboxylic acids is 2. The monoisotopic (exact) mass is 362 g/mol. The van der Waals surface area contributed by atoms with Crippen LogP contribution in [-0.4, -0.2) is 41.2 Å². The fraction of sp³-hybridized carbons (Fsp3) is 0.500. The van der Waals surface area contributed by atoms with Gasteiger partial charge in [0.1, 0.15) is 5.75 Å². The molecule has 2 fully saturated rings. The van der Waals surface area contributed by atoms with Crippen LogP contribution in [0.15, 0.2) is 24.3 Å². The molecule has 26 heavy (non-hydrogen) atoms. The van der Waals surface area contributed by atoms with Crippen LogP contribution in [0.3, 0.4) is 0 Å². The summed E-state index contributed by atoms with van der Waals surface area (Å²) in [7, 11) is 0. The van der Waals surface area contributed by atoms with Crippen LogP contribution in [0.2, 0.25) is 0 Å². The maximum absolute atomic E-state index is 12.4. The number of rotatable bonds is 5. The number of aryl methyl sites for hydroxylation is 1. The van der Waals surface area contributed by atoms with Gasteiger partial charge in [0, 0.05) is 0 Å². The van der Waals surface area contributed by atoms with Gasteiger partial charge < -0.3 is 14.6 Å². The molecule has 2 heterocycles. The van der Waals surface area contributed by atoms with E-state index >= 15 is 0 Å². The Balaban J connectivity index is 1.54. The summed E-state index contributed by atoms with van der Waals surface area (Å²) in [5, 5.41) is 9.34. The van der Waals surface area contributed by atoms with Gasteiger partial charge in [0.05, 0.1) is 24.0 Å². The van der Waals surface area contributed by atoms with Gasteiger partial charge in [-0.1, -0.05) is 12.1 Å². The summed E-state index contributed by atoms with van der Waals surface area (Å²) in [6, 6.07) is 7.26. The van der Waals surface area contributed by atoms with Crippen LogP contribution in [0.4, 0.5) is 0 Å². The summed E-state index contributed by atoms with van der Waals surface area (Å²) >= 11 is 0. The first-order chi connectivity index (χ1) is 12.4. The number of carboxylic acids is 1. The number of hydrogen-bond acceptors (Lipinski definition) is 5. The van der Waals surface area contributed by atoms with Gasteiger partial charge in [0.25, 0.3) is 5.91 Å². The molecule has 3 N–H and O–H groups in total. The number of fused-ring (bicyclic) bond motifs is 2. The third-order valence-electron chi connectivity index (χ3n) is 4.84. The van der Waals surface area contributed by atoms with Gasteiger partial charge in [-0.25, -0.2) is 0 Å². The molecule has 2 amide bonds. The smallest absolute Gasteiger partial charge is 0.310 e. The number of nitrogens with one attached hydrogen (secondary N) is 2. The number of benzene rings is 1. The zero-order chi connectivity index (χ0) is 18.8. The highest BCUT2D eigenvalue weighted by Crippen LogP contribution is 2.43. The SMILES string of the molecule is Cc1cccc(O[C@H](C)C(=O)NNC(=O)[C@H]2[C@@H](C(=O)O)[C@H]3CC[C@H]2O3)c1. The van der Waals surface area contributed by atoms with E-state index in [4.69, 9.17) is 9.47 Å². The van der Waals surface area contributed by atoms with Crippen LogP contribution >= 0.6 is 0 Å². The number of ether oxygens (including phenoxy) is 2. The third-order valence-corrected chi connectivity index (χ3v) is 4.84. The molecule has 5 atom stereocenters. The molecule has 2 saturated heterocycles. The highest BCUT2D eigenvalue weighted by atomic mass is 16.5. The van der Waals surface area contributed by atoms with Crippen molar-refractivity contribution in [2.24, 2.45) is 11.8 Å². The molecule has 0 saturated carbocycles. The molecule has 140 valence electrons. The van der Waals surface area contributed by atoms with Crippen LogP contribution in [0.1, 0.15) is 25.3 Å². The average Bonchev–Trinajstić information content (AvgIpc) is 3.20. The maximum atomic E-state index is 12.4. The predicted octanol–water partition coefficient (Wildman–Crippen LogP) is 0.788. The molecule has 1 aromatic rings. The Hall–Kier alpha value is -2.61. The molecular formula is C18H22N2O6. The normalized spacial score (nSPS) is 27.6. The second-order valence-corrected chi connectivity index (χ2v) is 6.74. The van der Waals surface area contributed by atoms with Gasteiger partial charge in [-0.2, -0.15) is 0 Å². The van der Waals surface area contributed by atoms with E-state index in [2.05, 4.69) is 10.9 Å². The van der Waals surface area contributed by atoms with Crippen LogP contribution in [0.25, 0.3) is 0 Å². The van der Waals surface area contributed by atoms with Crippen molar-refractivity contribution >= 4 is 17.8 Å². The van der Waals surface area contributed by atoms with Crippen LogP contribution in [0, 0.1) is 18.8 Å². The lowest BCUT2D eigenvalue weighted by Crippen LogP contribution is -2.52. The lowest BCUT2D eigenvalue weighted by Gasteiger charge is -2.24. The number of hydrogen-bond donors (Lipinski definition) is 3. The lowest BCUT2D eigenvalue weighted by atomic mass is 9.79. The number of hydrazine groups is 1. The van der Waals surface area contributed by atoms with Gasteiger partial charge in [-0.05, 0) is 44.4 Å². The quantitative estimate of drug-likeness (QED) is 0.667. The van der Waals surface area contributed by atoms with Gasteiger partial charge >= 0.3 is 5.97 Å². The van der Waals surface area contributed by atoms with E-state index < -0.39 is 47.9 Å². The van der Waals surface area contributed by atoms with Crippen molar-refractivity contribution in [1.29, 1.82) is 0 Å². The minimum atomic E-state index is -1.06. The zero-order valence-corrected chi connectivity index (χ0v) is 14.6. The van der Waals surface area contributed by atoms with Crippen LogP contribution in [0.5, 0.6) is 5.75 Å². The molecule has 8 heteroatoms. The van der Waals surface area contributed by atoms with Gasteiger partial charge in [-0.15, -0.1) is 0 Å². The van der Waals surface area contributed by atoms with Crippen molar-refractivity contribution < 1.29 is 29.0 Å². The Kier molecular flexibility index (Phi) is 5.13. The Morgan fingerprint density at radius 3 is 2.54 bits per heavy atom. The van der Waals surface area contributed by atoms with E-state index in [1.807, 2.05) is 19.1 Å². The number of amides is 2. The number of aliphatic carboxylic acids is 1. The van der Waals surface area contributed by atoms with Crippen LogP contribution in [-0.2, 0) is 19.1 Å². The molecule has 2 bridgehead atoms.